The first-order chi connectivity index (χ1) is 14.0. The minimum absolute atomic E-state index is 0.0539. The Morgan fingerprint density at radius 3 is 2.52 bits per heavy atom. The molecule has 2 rings (SSSR count). The van der Waals surface area contributed by atoms with Gasteiger partial charge >= 0.3 is 0 Å². The monoisotopic (exact) mass is 421 g/mol. The third kappa shape index (κ3) is 7.86. The minimum Gasteiger partial charge on any atom is -0.359 e. The van der Waals surface area contributed by atoms with Gasteiger partial charge in [0.15, 0.2) is 11.7 Å². The van der Waals surface area contributed by atoms with E-state index >= 15 is 0 Å². The first-order valence-corrected chi connectivity index (χ1v) is 11.5. The summed E-state index contributed by atoms with van der Waals surface area (Å²) in [6.07, 6.45) is 2.04. The van der Waals surface area contributed by atoms with Crippen LogP contribution in [0.3, 0.4) is 0 Å². The summed E-state index contributed by atoms with van der Waals surface area (Å²) >= 11 is 0. The molecule has 1 heterocycles. The molecule has 0 aliphatic rings. The fourth-order valence-corrected chi connectivity index (χ4v) is 3.77. The van der Waals surface area contributed by atoms with Crippen LogP contribution in [0.2, 0.25) is 0 Å². The number of hydrogen-bond donors (Lipinski definition) is 3. The van der Waals surface area contributed by atoms with Crippen LogP contribution in [0.4, 0.5) is 0 Å². The summed E-state index contributed by atoms with van der Waals surface area (Å²) in [6.45, 7) is 5.20. The maximum atomic E-state index is 12.1. The van der Waals surface area contributed by atoms with Crippen molar-refractivity contribution in [3.8, 4) is 0 Å². The molecule has 0 saturated heterocycles. The van der Waals surface area contributed by atoms with Crippen molar-refractivity contribution in [2.24, 2.45) is 4.99 Å². The average molecular weight is 422 g/mol. The van der Waals surface area contributed by atoms with Gasteiger partial charge in [0.25, 0.3) is 0 Å². The summed E-state index contributed by atoms with van der Waals surface area (Å²) in [7, 11) is -1.75. The van der Waals surface area contributed by atoms with Crippen LogP contribution in [0, 0.1) is 0 Å². The molecule has 0 amide bonds. The fourth-order valence-electron chi connectivity index (χ4n) is 2.87. The van der Waals surface area contributed by atoms with E-state index in [0.29, 0.717) is 24.2 Å². The smallest absolute Gasteiger partial charge is 0.213 e. The van der Waals surface area contributed by atoms with E-state index in [2.05, 4.69) is 39.4 Å². The Morgan fingerprint density at radius 2 is 1.86 bits per heavy atom. The van der Waals surface area contributed by atoms with E-state index in [9.17, 15) is 8.42 Å². The molecule has 2 aromatic rings. The molecule has 0 radical (unpaired) electrons. The second-order valence-corrected chi connectivity index (χ2v) is 8.64. The lowest BCUT2D eigenvalue weighted by Gasteiger charge is -2.11. The van der Waals surface area contributed by atoms with E-state index in [1.54, 1.807) is 7.05 Å². The van der Waals surface area contributed by atoms with Gasteiger partial charge in [0.05, 0.1) is 18.0 Å². The molecule has 0 bridgehead atoms. The molecule has 0 unspecified atom stereocenters. The number of nitrogens with zero attached hydrogens (tertiary/aromatic N) is 2. The zero-order valence-corrected chi connectivity index (χ0v) is 18.1. The van der Waals surface area contributed by atoms with Crippen molar-refractivity contribution in [1.29, 1.82) is 0 Å². The SMILES string of the molecule is CCC(CC)c1cc(CNC(=NC)NCCS(=O)(=O)NCc2ccccc2)on1. The number of hydrogen-bond acceptors (Lipinski definition) is 5. The van der Waals surface area contributed by atoms with Gasteiger partial charge in [0.1, 0.15) is 0 Å². The Balaban J connectivity index is 1.74. The Morgan fingerprint density at radius 1 is 1.14 bits per heavy atom. The molecule has 0 aliphatic heterocycles. The molecule has 8 nitrogen and oxygen atoms in total. The highest BCUT2D eigenvalue weighted by Gasteiger charge is 2.14. The lowest BCUT2D eigenvalue weighted by Crippen LogP contribution is -2.40. The molecule has 29 heavy (non-hydrogen) atoms. The van der Waals surface area contributed by atoms with E-state index in [1.807, 2.05) is 36.4 Å². The molecule has 9 heteroatoms. The first-order valence-electron chi connectivity index (χ1n) is 9.88. The number of benzene rings is 1. The summed E-state index contributed by atoms with van der Waals surface area (Å²) in [5, 5.41) is 10.3. The van der Waals surface area contributed by atoms with Gasteiger partial charge in [0.2, 0.25) is 10.0 Å². The van der Waals surface area contributed by atoms with Gasteiger partial charge in [-0.2, -0.15) is 0 Å². The van der Waals surface area contributed by atoms with E-state index < -0.39 is 10.0 Å². The van der Waals surface area contributed by atoms with Crippen molar-refractivity contribution in [2.75, 3.05) is 19.3 Å². The van der Waals surface area contributed by atoms with Gasteiger partial charge in [-0.1, -0.05) is 49.3 Å². The van der Waals surface area contributed by atoms with Crippen LogP contribution >= 0.6 is 0 Å². The maximum Gasteiger partial charge on any atom is 0.213 e. The van der Waals surface area contributed by atoms with Crippen LogP contribution in [0.25, 0.3) is 0 Å². The van der Waals surface area contributed by atoms with Gasteiger partial charge in [0, 0.05) is 32.1 Å². The normalized spacial score (nSPS) is 12.3. The second kappa shape index (κ2) is 11.6. The summed E-state index contributed by atoms with van der Waals surface area (Å²) in [5.41, 5.74) is 1.88. The van der Waals surface area contributed by atoms with Crippen LogP contribution < -0.4 is 15.4 Å². The predicted molar refractivity (Wildman–Crippen MR) is 115 cm³/mol. The predicted octanol–water partition coefficient (Wildman–Crippen LogP) is 2.36. The van der Waals surface area contributed by atoms with Crippen LogP contribution in [-0.2, 0) is 23.1 Å². The van der Waals surface area contributed by atoms with Gasteiger partial charge < -0.3 is 15.2 Å². The van der Waals surface area contributed by atoms with Gasteiger partial charge in [-0.3, -0.25) is 4.99 Å². The number of aromatic nitrogens is 1. The molecular weight excluding hydrogens is 390 g/mol. The first kappa shape index (κ1) is 22.9. The van der Waals surface area contributed by atoms with Crippen LogP contribution in [0.5, 0.6) is 0 Å². The Hall–Kier alpha value is -2.39. The van der Waals surface area contributed by atoms with Crippen molar-refractivity contribution >= 4 is 16.0 Å². The fraction of sp³-hybridized carbons (Fsp3) is 0.500. The van der Waals surface area contributed by atoms with Crippen molar-refractivity contribution in [3.05, 3.63) is 53.4 Å². The molecule has 0 atom stereocenters. The number of rotatable bonds is 11. The summed E-state index contributed by atoms with van der Waals surface area (Å²) in [6, 6.07) is 11.4. The Labute approximate surface area is 173 Å². The molecule has 1 aromatic carbocycles. The minimum atomic E-state index is -3.39. The summed E-state index contributed by atoms with van der Waals surface area (Å²) in [4.78, 5) is 4.11. The third-order valence-electron chi connectivity index (χ3n) is 4.64. The van der Waals surface area contributed by atoms with Crippen molar-refractivity contribution in [2.45, 2.75) is 45.7 Å². The van der Waals surface area contributed by atoms with Crippen molar-refractivity contribution < 1.29 is 12.9 Å². The molecule has 3 N–H and O–H groups in total. The second-order valence-electron chi connectivity index (χ2n) is 6.71. The highest BCUT2D eigenvalue weighted by Crippen LogP contribution is 2.22. The van der Waals surface area contributed by atoms with E-state index in [1.165, 1.54) is 0 Å². The number of guanidine groups is 1. The van der Waals surface area contributed by atoms with E-state index in [-0.39, 0.29) is 18.8 Å². The zero-order chi connectivity index (χ0) is 21.1. The quantitative estimate of drug-likeness (QED) is 0.380. The van der Waals surface area contributed by atoms with Crippen LogP contribution in [0.1, 0.15) is 49.6 Å². The lowest BCUT2D eigenvalue weighted by molar-refractivity contribution is 0.368. The maximum absolute atomic E-state index is 12.1. The molecule has 0 spiro atoms. The Kier molecular flexibility index (Phi) is 9.14. The van der Waals surface area contributed by atoms with E-state index in [4.69, 9.17) is 4.52 Å². The van der Waals surface area contributed by atoms with Crippen LogP contribution in [0.15, 0.2) is 45.9 Å². The largest absolute Gasteiger partial charge is 0.359 e. The summed E-state index contributed by atoms with van der Waals surface area (Å²) in [5.74, 6) is 1.57. The number of nitrogens with one attached hydrogen (secondary N) is 3. The van der Waals surface area contributed by atoms with Gasteiger partial charge in [-0.25, -0.2) is 13.1 Å². The third-order valence-corrected chi connectivity index (χ3v) is 5.96. The average Bonchev–Trinajstić information content (AvgIpc) is 3.19. The number of sulfonamides is 1. The standard InChI is InChI=1S/C20H31N5O3S/c1-4-17(5-2)19-13-18(28-25-19)15-23-20(21-3)22-11-12-29(26,27)24-14-16-9-7-6-8-10-16/h6-10,13,17,24H,4-5,11-12,14-15H2,1-3H3,(H2,21,22,23). The van der Waals surface area contributed by atoms with Gasteiger partial charge in [-0.05, 0) is 18.4 Å². The molecule has 1 aromatic heterocycles. The highest BCUT2D eigenvalue weighted by molar-refractivity contribution is 7.89. The van der Waals surface area contributed by atoms with Crippen molar-refractivity contribution in [3.63, 3.8) is 0 Å². The molecule has 0 aliphatic carbocycles. The lowest BCUT2D eigenvalue weighted by atomic mass is 9.99. The number of aliphatic imine (C=N–C) groups is 1. The van der Waals surface area contributed by atoms with Crippen LogP contribution in [-0.4, -0.2) is 38.9 Å². The topological polar surface area (TPSA) is 109 Å². The van der Waals surface area contributed by atoms with Gasteiger partial charge in [-0.15, -0.1) is 0 Å². The highest BCUT2D eigenvalue weighted by atomic mass is 32.2. The molecular formula is C20H31N5O3S. The zero-order valence-electron chi connectivity index (χ0n) is 17.3. The molecule has 0 fully saturated rings. The Bertz CT molecular complexity index is 861. The molecule has 0 saturated carbocycles. The van der Waals surface area contributed by atoms with Crippen molar-refractivity contribution in [1.82, 2.24) is 20.5 Å². The van der Waals surface area contributed by atoms with E-state index in [0.717, 1.165) is 24.1 Å². The summed E-state index contributed by atoms with van der Waals surface area (Å²) < 4.78 is 32.3. The molecule has 160 valence electrons.